The number of hydrogen-bond donors (Lipinski definition) is 1. The van der Waals surface area contributed by atoms with Gasteiger partial charge >= 0.3 is 5.97 Å². The van der Waals surface area contributed by atoms with E-state index >= 15 is 0 Å². The van der Waals surface area contributed by atoms with Crippen LogP contribution < -0.4 is 0 Å². The van der Waals surface area contributed by atoms with Crippen molar-refractivity contribution in [2.24, 2.45) is 11.8 Å². The van der Waals surface area contributed by atoms with E-state index in [0.717, 1.165) is 34.0 Å². The first-order valence-corrected chi connectivity index (χ1v) is 7.43. The molecule has 1 heterocycles. The molecular formula is C15H17BrO3. The molecule has 1 aromatic rings. The van der Waals surface area contributed by atoms with Gasteiger partial charge in [0, 0.05) is 11.5 Å². The van der Waals surface area contributed by atoms with Crippen molar-refractivity contribution in [1.29, 1.82) is 0 Å². The molecule has 1 aromatic carbocycles. The Morgan fingerprint density at radius 1 is 1.32 bits per heavy atom. The minimum Gasteiger partial charge on any atom is -0.506 e. The molecule has 0 aromatic heterocycles. The molecule has 2 aliphatic rings. The van der Waals surface area contributed by atoms with Crippen LogP contribution in [-0.2, 0) is 16.0 Å². The first-order valence-electron chi connectivity index (χ1n) is 6.64. The van der Waals surface area contributed by atoms with Gasteiger partial charge in [-0.05, 0) is 59.3 Å². The van der Waals surface area contributed by atoms with E-state index in [1.54, 1.807) is 0 Å². The van der Waals surface area contributed by atoms with Gasteiger partial charge in [-0.2, -0.15) is 0 Å². The maximum Gasteiger partial charge on any atom is 0.309 e. The highest BCUT2D eigenvalue weighted by Crippen LogP contribution is 2.51. The molecule has 1 aliphatic heterocycles. The summed E-state index contributed by atoms with van der Waals surface area (Å²) in [4.78, 5) is 11.8. The summed E-state index contributed by atoms with van der Waals surface area (Å²) in [5.74, 6) is 0.372. The van der Waals surface area contributed by atoms with Crippen LogP contribution in [-0.4, -0.2) is 11.1 Å². The van der Waals surface area contributed by atoms with Gasteiger partial charge in [-0.1, -0.05) is 6.92 Å². The van der Waals surface area contributed by atoms with Crippen LogP contribution in [0.5, 0.6) is 5.75 Å². The van der Waals surface area contributed by atoms with Crippen LogP contribution >= 0.6 is 15.9 Å². The van der Waals surface area contributed by atoms with Gasteiger partial charge < -0.3 is 9.84 Å². The summed E-state index contributed by atoms with van der Waals surface area (Å²) >= 11 is 3.45. The Morgan fingerprint density at radius 2 is 2.00 bits per heavy atom. The Kier molecular flexibility index (Phi) is 2.89. The number of carbonyl (C=O) groups excluding carboxylic acids is 1. The summed E-state index contributed by atoms with van der Waals surface area (Å²) in [6, 6.07) is 0. The highest BCUT2D eigenvalue weighted by Gasteiger charge is 2.46. The van der Waals surface area contributed by atoms with Gasteiger partial charge in [-0.15, -0.1) is 0 Å². The number of phenols is 1. The molecule has 3 atom stereocenters. The van der Waals surface area contributed by atoms with Crippen molar-refractivity contribution in [3.05, 3.63) is 26.7 Å². The summed E-state index contributed by atoms with van der Waals surface area (Å²) in [5, 5.41) is 10.2. The van der Waals surface area contributed by atoms with Crippen molar-refractivity contribution in [2.75, 3.05) is 0 Å². The largest absolute Gasteiger partial charge is 0.506 e. The summed E-state index contributed by atoms with van der Waals surface area (Å²) < 4.78 is 6.33. The number of benzene rings is 1. The van der Waals surface area contributed by atoms with Crippen LogP contribution in [0.4, 0.5) is 0 Å². The molecule has 1 N–H and O–H groups in total. The predicted molar refractivity (Wildman–Crippen MR) is 75.1 cm³/mol. The zero-order chi connectivity index (χ0) is 13.9. The topological polar surface area (TPSA) is 46.5 Å². The average molecular weight is 325 g/mol. The Balaban J connectivity index is 2.22. The Morgan fingerprint density at radius 3 is 2.68 bits per heavy atom. The summed E-state index contributed by atoms with van der Waals surface area (Å²) in [6.07, 6.45) is 1.74. The summed E-state index contributed by atoms with van der Waals surface area (Å²) in [5.41, 5.74) is 4.16. The highest BCUT2D eigenvalue weighted by molar-refractivity contribution is 9.10. The number of esters is 1. The van der Waals surface area contributed by atoms with E-state index in [-0.39, 0.29) is 29.7 Å². The quantitative estimate of drug-likeness (QED) is 0.742. The molecule has 3 unspecified atom stereocenters. The van der Waals surface area contributed by atoms with E-state index < -0.39 is 0 Å². The zero-order valence-corrected chi connectivity index (χ0v) is 12.9. The normalized spacial score (nSPS) is 28.8. The second-order valence-electron chi connectivity index (χ2n) is 5.65. The zero-order valence-electron chi connectivity index (χ0n) is 11.3. The van der Waals surface area contributed by atoms with E-state index in [1.165, 1.54) is 5.56 Å². The molecule has 0 saturated carbocycles. The maximum absolute atomic E-state index is 11.8. The van der Waals surface area contributed by atoms with Crippen molar-refractivity contribution < 1.29 is 14.6 Å². The van der Waals surface area contributed by atoms with Crippen molar-refractivity contribution >= 4 is 21.9 Å². The lowest BCUT2D eigenvalue weighted by Crippen LogP contribution is -2.22. The molecule has 0 spiro atoms. The molecule has 1 fully saturated rings. The Hall–Kier alpha value is -1.03. The molecule has 19 heavy (non-hydrogen) atoms. The highest BCUT2D eigenvalue weighted by atomic mass is 79.9. The van der Waals surface area contributed by atoms with Crippen LogP contribution in [0.2, 0.25) is 0 Å². The molecular weight excluding hydrogens is 308 g/mol. The number of aromatic hydroxyl groups is 1. The molecule has 0 bridgehead atoms. The number of carbonyl (C=O) groups is 1. The van der Waals surface area contributed by atoms with Crippen molar-refractivity contribution in [2.45, 2.75) is 39.7 Å². The average Bonchev–Trinajstić information content (AvgIpc) is 2.69. The number of hydrogen-bond acceptors (Lipinski definition) is 3. The van der Waals surface area contributed by atoms with E-state index in [1.807, 2.05) is 20.8 Å². The molecule has 3 rings (SSSR count). The number of ether oxygens (including phenoxy) is 1. The number of phenolic OH excluding ortho intramolecular Hbond substituents is 1. The first-order chi connectivity index (χ1) is 8.93. The third kappa shape index (κ3) is 1.65. The minimum absolute atomic E-state index is 0.0383. The SMILES string of the molecule is Cc1c(Br)c(O)c(C)c2c1CCC1C(C)C(=O)OC21. The second kappa shape index (κ2) is 4.23. The molecule has 4 heteroatoms. The molecule has 3 nitrogen and oxygen atoms in total. The van der Waals surface area contributed by atoms with E-state index in [4.69, 9.17) is 4.74 Å². The lowest BCUT2D eigenvalue weighted by Gasteiger charge is -2.31. The van der Waals surface area contributed by atoms with Crippen molar-refractivity contribution in [3.63, 3.8) is 0 Å². The Labute approximate surface area is 121 Å². The second-order valence-corrected chi connectivity index (χ2v) is 6.45. The third-order valence-corrected chi connectivity index (χ3v) is 5.70. The molecule has 0 radical (unpaired) electrons. The van der Waals surface area contributed by atoms with Gasteiger partial charge in [0.15, 0.2) is 0 Å². The van der Waals surface area contributed by atoms with Gasteiger partial charge in [0.25, 0.3) is 0 Å². The minimum atomic E-state index is -0.177. The van der Waals surface area contributed by atoms with Gasteiger partial charge in [0.2, 0.25) is 0 Å². The fourth-order valence-corrected chi connectivity index (χ4v) is 4.02. The summed E-state index contributed by atoms with van der Waals surface area (Å²) in [7, 11) is 0. The van der Waals surface area contributed by atoms with Crippen LogP contribution in [0.3, 0.4) is 0 Å². The van der Waals surface area contributed by atoms with E-state index in [9.17, 15) is 9.90 Å². The monoisotopic (exact) mass is 324 g/mol. The first kappa shape index (κ1) is 13.0. The Bertz CT molecular complexity index is 579. The summed E-state index contributed by atoms with van der Waals surface area (Å²) in [6.45, 7) is 5.85. The lowest BCUT2D eigenvalue weighted by atomic mass is 9.74. The van der Waals surface area contributed by atoms with Gasteiger partial charge in [0.1, 0.15) is 11.9 Å². The number of halogens is 1. The van der Waals surface area contributed by atoms with E-state index in [2.05, 4.69) is 15.9 Å². The fraction of sp³-hybridized carbons (Fsp3) is 0.533. The van der Waals surface area contributed by atoms with Gasteiger partial charge in [-0.25, -0.2) is 0 Å². The van der Waals surface area contributed by atoms with E-state index in [0.29, 0.717) is 0 Å². The standard InChI is InChI=1S/C15H17BrO3/c1-6-9-4-5-10-7(2)15(18)19-14(10)11(9)8(3)13(17)12(6)16/h7,10,14,17H,4-5H2,1-3H3. The third-order valence-electron chi connectivity index (χ3n) is 4.73. The smallest absolute Gasteiger partial charge is 0.309 e. The molecule has 0 amide bonds. The van der Waals surface area contributed by atoms with Crippen molar-refractivity contribution in [1.82, 2.24) is 0 Å². The maximum atomic E-state index is 11.8. The van der Waals surface area contributed by atoms with Gasteiger partial charge in [-0.3, -0.25) is 4.79 Å². The van der Waals surface area contributed by atoms with Crippen molar-refractivity contribution in [3.8, 4) is 5.75 Å². The molecule has 102 valence electrons. The van der Waals surface area contributed by atoms with Crippen LogP contribution in [0, 0.1) is 25.7 Å². The predicted octanol–water partition coefficient (Wildman–Crippen LogP) is 3.57. The fourth-order valence-electron chi connectivity index (χ4n) is 3.48. The number of rotatable bonds is 0. The number of fused-ring (bicyclic) bond motifs is 3. The lowest BCUT2D eigenvalue weighted by molar-refractivity contribution is -0.144. The van der Waals surface area contributed by atoms with Gasteiger partial charge in [0.05, 0.1) is 10.4 Å². The van der Waals surface area contributed by atoms with Crippen LogP contribution in [0.15, 0.2) is 4.47 Å². The molecule has 1 saturated heterocycles. The molecule has 1 aliphatic carbocycles. The van der Waals surface area contributed by atoms with Crippen LogP contribution in [0.25, 0.3) is 0 Å². The van der Waals surface area contributed by atoms with Crippen LogP contribution in [0.1, 0.15) is 41.7 Å².